The molecule has 2 fully saturated rings. The summed E-state index contributed by atoms with van der Waals surface area (Å²) < 4.78 is 10.9. The second-order valence-electron chi connectivity index (χ2n) is 3.48. The van der Waals surface area contributed by atoms with Gasteiger partial charge in [-0.1, -0.05) is 0 Å². The van der Waals surface area contributed by atoms with Crippen molar-refractivity contribution >= 4 is 5.91 Å². The van der Waals surface area contributed by atoms with Crippen molar-refractivity contribution in [3.63, 3.8) is 0 Å². The number of carbonyl (C=O) groups excluding carboxylic acids is 1. The lowest BCUT2D eigenvalue weighted by atomic mass is 10.0. The predicted molar refractivity (Wildman–Crippen MR) is 45.4 cm³/mol. The van der Waals surface area contributed by atoms with Crippen molar-refractivity contribution in [3.8, 4) is 0 Å². The molecule has 1 spiro atoms. The van der Waals surface area contributed by atoms with Crippen LogP contribution < -0.4 is 10.6 Å². The van der Waals surface area contributed by atoms with Gasteiger partial charge in [0, 0.05) is 13.1 Å². The zero-order valence-corrected chi connectivity index (χ0v) is 7.47. The van der Waals surface area contributed by atoms with Gasteiger partial charge < -0.3 is 20.1 Å². The standard InChI is InChI=1S/C8H14N2O3/c11-7-3-13-8(5-10-7)4-9-1-2-12-6-8/h9H,1-6H2,(H,10,11). The molecule has 2 heterocycles. The number of carbonyl (C=O) groups is 1. The van der Waals surface area contributed by atoms with Crippen molar-refractivity contribution in [1.82, 2.24) is 10.6 Å². The highest BCUT2D eigenvalue weighted by atomic mass is 16.5. The van der Waals surface area contributed by atoms with Crippen molar-refractivity contribution in [1.29, 1.82) is 0 Å². The fourth-order valence-electron chi connectivity index (χ4n) is 1.56. The quantitative estimate of drug-likeness (QED) is 0.483. The predicted octanol–water partition coefficient (Wildman–Crippen LogP) is -1.51. The second-order valence-corrected chi connectivity index (χ2v) is 3.48. The SMILES string of the molecule is O=C1COC2(CNCCOC2)CN1. The van der Waals surface area contributed by atoms with Crippen LogP contribution in [0.3, 0.4) is 0 Å². The average Bonchev–Trinajstić information content (AvgIpc) is 2.37. The number of hydrogen-bond donors (Lipinski definition) is 2. The number of amides is 1. The average molecular weight is 186 g/mol. The van der Waals surface area contributed by atoms with Gasteiger partial charge in [-0.15, -0.1) is 0 Å². The smallest absolute Gasteiger partial charge is 0.246 e. The van der Waals surface area contributed by atoms with Gasteiger partial charge in [-0.05, 0) is 0 Å². The maximum Gasteiger partial charge on any atom is 0.246 e. The minimum absolute atomic E-state index is 0.0464. The van der Waals surface area contributed by atoms with Gasteiger partial charge in [-0.3, -0.25) is 4.79 Å². The number of ether oxygens (including phenoxy) is 2. The normalized spacial score (nSPS) is 35.5. The van der Waals surface area contributed by atoms with Crippen LogP contribution in [0.15, 0.2) is 0 Å². The summed E-state index contributed by atoms with van der Waals surface area (Å²) in [6.45, 7) is 3.54. The minimum atomic E-state index is -0.343. The van der Waals surface area contributed by atoms with Gasteiger partial charge in [0.15, 0.2) is 0 Å². The third kappa shape index (κ3) is 1.99. The van der Waals surface area contributed by atoms with E-state index in [0.717, 1.165) is 13.1 Å². The van der Waals surface area contributed by atoms with Gasteiger partial charge in [0.1, 0.15) is 12.2 Å². The molecule has 0 aromatic carbocycles. The molecular formula is C8H14N2O3. The molecule has 0 saturated carbocycles. The molecule has 2 N–H and O–H groups in total. The van der Waals surface area contributed by atoms with E-state index < -0.39 is 0 Å². The van der Waals surface area contributed by atoms with Gasteiger partial charge >= 0.3 is 0 Å². The van der Waals surface area contributed by atoms with Crippen LogP contribution in [0.1, 0.15) is 0 Å². The van der Waals surface area contributed by atoms with Crippen molar-refractivity contribution in [2.75, 3.05) is 39.5 Å². The molecule has 5 heteroatoms. The molecular weight excluding hydrogens is 172 g/mol. The molecule has 2 saturated heterocycles. The van der Waals surface area contributed by atoms with E-state index in [0.29, 0.717) is 19.8 Å². The van der Waals surface area contributed by atoms with Gasteiger partial charge in [0.25, 0.3) is 0 Å². The highest BCUT2D eigenvalue weighted by Gasteiger charge is 2.36. The maximum absolute atomic E-state index is 10.9. The molecule has 1 unspecified atom stereocenters. The lowest BCUT2D eigenvalue weighted by molar-refractivity contribution is -0.149. The molecule has 2 rings (SSSR count). The lowest BCUT2D eigenvalue weighted by Gasteiger charge is -2.35. The molecule has 74 valence electrons. The summed E-state index contributed by atoms with van der Waals surface area (Å²) in [5, 5.41) is 6.01. The van der Waals surface area contributed by atoms with Crippen LogP contribution in [0.4, 0.5) is 0 Å². The summed E-state index contributed by atoms with van der Waals surface area (Å²) in [5.74, 6) is -0.0464. The van der Waals surface area contributed by atoms with Crippen molar-refractivity contribution in [2.24, 2.45) is 0 Å². The van der Waals surface area contributed by atoms with E-state index in [4.69, 9.17) is 9.47 Å². The fraction of sp³-hybridized carbons (Fsp3) is 0.875. The Bertz CT molecular complexity index is 188. The highest BCUT2D eigenvalue weighted by Crippen LogP contribution is 2.14. The van der Waals surface area contributed by atoms with Crippen molar-refractivity contribution in [3.05, 3.63) is 0 Å². The fourth-order valence-corrected chi connectivity index (χ4v) is 1.56. The summed E-state index contributed by atoms with van der Waals surface area (Å²) in [4.78, 5) is 10.9. The molecule has 0 aromatic rings. The first-order valence-electron chi connectivity index (χ1n) is 4.50. The van der Waals surface area contributed by atoms with Crippen LogP contribution in [0, 0.1) is 0 Å². The summed E-state index contributed by atoms with van der Waals surface area (Å²) in [7, 11) is 0. The Hall–Kier alpha value is -0.650. The number of hydrogen-bond acceptors (Lipinski definition) is 4. The summed E-state index contributed by atoms with van der Waals surface area (Å²) in [6.07, 6.45) is 0. The first-order chi connectivity index (χ1) is 6.31. The van der Waals surface area contributed by atoms with Gasteiger partial charge in [0.2, 0.25) is 5.91 Å². The molecule has 0 aliphatic carbocycles. The molecule has 5 nitrogen and oxygen atoms in total. The molecule has 2 aliphatic rings. The third-order valence-electron chi connectivity index (χ3n) is 2.35. The molecule has 1 amide bonds. The Morgan fingerprint density at radius 2 is 2.31 bits per heavy atom. The molecule has 2 aliphatic heterocycles. The summed E-state index contributed by atoms with van der Waals surface area (Å²) >= 11 is 0. The first-order valence-corrected chi connectivity index (χ1v) is 4.50. The van der Waals surface area contributed by atoms with Crippen molar-refractivity contribution in [2.45, 2.75) is 5.60 Å². The second kappa shape index (κ2) is 3.61. The minimum Gasteiger partial charge on any atom is -0.377 e. The van der Waals surface area contributed by atoms with Crippen LogP contribution in [0.5, 0.6) is 0 Å². The number of morpholine rings is 1. The molecule has 0 bridgehead atoms. The van der Waals surface area contributed by atoms with E-state index in [1.165, 1.54) is 0 Å². The van der Waals surface area contributed by atoms with E-state index in [1.807, 2.05) is 0 Å². The zero-order chi connectivity index (χ0) is 9.15. The Balaban J connectivity index is 1.97. The Labute approximate surface area is 76.8 Å². The van der Waals surface area contributed by atoms with Crippen LogP contribution >= 0.6 is 0 Å². The highest BCUT2D eigenvalue weighted by molar-refractivity contribution is 5.78. The monoisotopic (exact) mass is 186 g/mol. The largest absolute Gasteiger partial charge is 0.377 e. The van der Waals surface area contributed by atoms with Crippen molar-refractivity contribution < 1.29 is 14.3 Å². The Morgan fingerprint density at radius 1 is 1.38 bits per heavy atom. The molecule has 13 heavy (non-hydrogen) atoms. The van der Waals surface area contributed by atoms with Gasteiger partial charge in [-0.2, -0.15) is 0 Å². The van der Waals surface area contributed by atoms with Crippen LogP contribution in [-0.2, 0) is 14.3 Å². The number of rotatable bonds is 0. The Kier molecular flexibility index (Phi) is 2.48. The van der Waals surface area contributed by atoms with E-state index in [9.17, 15) is 4.79 Å². The first kappa shape index (κ1) is 8.93. The van der Waals surface area contributed by atoms with E-state index in [1.54, 1.807) is 0 Å². The molecule has 0 radical (unpaired) electrons. The third-order valence-corrected chi connectivity index (χ3v) is 2.35. The number of nitrogens with one attached hydrogen (secondary N) is 2. The van der Waals surface area contributed by atoms with Crippen LogP contribution in [0.25, 0.3) is 0 Å². The zero-order valence-electron chi connectivity index (χ0n) is 7.47. The molecule has 0 aromatic heterocycles. The van der Waals surface area contributed by atoms with E-state index in [-0.39, 0.29) is 18.1 Å². The van der Waals surface area contributed by atoms with Gasteiger partial charge in [0.05, 0.1) is 19.8 Å². The Morgan fingerprint density at radius 3 is 3.08 bits per heavy atom. The lowest BCUT2D eigenvalue weighted by Crippen LogP contribution is -2.58. The maximum atomic E-state index is 10.9. The van der Waals surface area contributed by atoms with Crippen LogP contribution in [0.2, 0.25) is 0 Å². The van der Waals surface area contributed by atoms with Crippen LogP contribution in [-0.4, -0.2) is 51.0 Å². The topological polar surface area (TPSA) is 59.6 Å². The van der Waals surface area contributed by atoms with Gasteiger partial charge in [-0.25, -0.2) is 0 Å². The van der Waals surface area contributed by atoms with E-state index >= 15 is 0 Å². The summed E-state index contributed by atoms with van der Waals surface area (Å²) in [6, 6.07) is 0. The molecule has 1 atom stereocenters. The summed E-state index contributed by atoms with van der Waals surface area (Å²) in [5.41, 5.74) is -0.343. The van der Waals surface area contributed by atoms with E-state index in [2.05, 4.69) is 10.6 Å².